The fourth-order valence-electron chi connectivity index (χ4n) is 5.41. The lowest BCUT2D eigenvalue weighted by Gasteiger charge is -2.45. The van der Waals surface area contributed by atoms with Crippen molar-refractivity contribution in [2.75, 3.05) is 20.6 Å². The van der Waals surface area contributed by atoms with Crippen molar-refractivity contribution >= 4 is 5.91 Å². The second kappa shape index (κ2) is 7.73. The summed E-state index contributed by atoms with van der Waals surface area (Å²) in [6.45, 7) is 1.59. The number of carbonyl (C=O) groups is 1. The van der Waals surface area contributed by atoms with Crippen LogP contribution in [0.25, 0.3) is 0 Å². The summed E-state index contributed by atoms with van der Waals surface area (Å²) in [4.78, 5) is 14.9. The number of nitrogens with one attached hydrogen (secondary N) is 1. The predicted molar refractivity (Wildman–Crippen MR) is 121 cm³/mol. The highest BCUT2D eigenvalue weighted by molar-refractivity contribution is 5.94. The van der Waals surface area contributed by atoms with Crippen molar-refractivity contribution in [1.82, 2.24) is 10.2 Å². The van der Waals surface area contributed by atoms with Gasteiger partial charge >= 0.3 is 0 Å². The molecule has 3 heteroatoms. The summed E-state index contributed by atoms with van der Waals surface area (Å²) in [5.74, 6) is 1.26. The lowest BCUT2D eigenvalue weighted by atomic mass is 9.59. The van der Waals surface area contributed by atoms with E-state index in [9.17, 15) is 4.79 Å². The van der Waals surface area contributed by atoms with Crippen molar-refractivity contribution in [2.45, 2.75) is 24.8 Å². The Morgan fingerprint density at radius 2 is 1.43 bits per heavy atom. The van der Waals surface area contributed by atoms with Gasteiger partial charge in [-0.05, 0) is 66.4 Å². The summed E-state index contributed by atoms with van der Waals surface area (Å²) in [5, 5.41) is 3.23. The standard InChI is InChI=1S/C27H28N2O/c1-29(2)17-18-11-13-19(14-12-18)27(30)28-16-20-15-25-21-7-3-5-9-23(21)26(20)24-10-6-4-8-22(24)25/h3-14,20,25-26H,15-17H2,1-2H3,(H,28,30)/t20-,25?,26?/m1/s1. The molecular weight excluding hydrogens is 368 g/mol. The molecule has 3 nitrogen and oxygen atoms in total. The first-order chi connectivity index (χ1) is 14.6. The Hall–Kier alpha value is -2.91. The molecule has 152 valence electrons. The Kier molecular flexibility index (Phi) is 4.92. The summed E-state index contributed by atoms with van der Waals surface area (Å²) in [7, 11) is 4.10. The molecule has 0 aliphatic heterocycles. The van der Waals surface area contributed by atoms with E-state index in [-0.39, 0.29) is 5.91 Å². The number of rotatable bonds is 5. The molecule has 2 bridgehead atoms. The lowest BCUT2D eigenvalue weighted by molar-refractivity contribution is 0.0943. The van der Waals surface area contributed by atoms with Gasteiger partial charge in [-0.1, -0.05) is 60.7 Å². The van der Waals surface area contributed by atoms with Gasteiger partial charge < -0.3 is 10.2 Å². The van der Waals surface area contributed by atoms with E-state index in [2.05, 4.69) is 72.8 Å². The number of benzene rings is 3. The van der Waals surface area contributed by atoms with Crippen LogP contribution < -0.4 is 5.32 Å². The fraction of sp³-hybridized carbons (Fsp3) is 0.296. The van der Waals surface area contributed by atoms with Crippen LogP contribution in [0.1, 0.15) is 56.4 Å². The number of fused-ring (bicyclic) bond motifs is 1. The van der Waals surface area contributed by atoms with E-state index in [4.69, 9.17) is 0 Å². The van der Waals surface area contributed by atoms with Gasteiger partial charge in [0.15, 0.2) is 0 Å². The van der Waals surface area contributed by atoms with Crippen molar-refractivity contribution in [3.05, 3.63) is 106 Å². The number of amides is 1. The van der Waals surface area contributed by atoms with Crippen molar-refractivity contribution in [3.8, 4) is 0 Å². The first-order valence-corrected chi connectivity index (χ1v) is 10.8. The molecule has 0 radical (unpaired) electrons. The third-order valence-electron chi connectivity index (χ3n) is 6.66. The number of hydrogen-bond donors (Lipinski definition) is 1. The second-order valence-electron chi connectivity index (χ2n) is 8.93. The Bertz CT molecular complexity index is 1020. The van der Waals surface area contributed by atoms with Crippen LogP contribution >= 0.6 is 0 Å². The zero-order valence-electron chi connectivity index (χ0n) is 17.6. The molecule has 1 amide bonds. The Morgan fingerprint density at radius 1 is 0.867 bits per heavy atom. The van der Waals surface area contributed by atoms with Gasteiger partial charge in [0.05, 0.1) is 0 Å². The zero-order chi connectivity index (χ0) is 20.7. The minimum Gasteiger partial charge on any atom is -0.352 e. The smallest absolute Gasteiger partial charge is 0.251 e. The highest BCUT2D eigenvalue weighted by Gasteiger charge is 2.42. The molecule has 0 saturated carbocycles. The zero-order valence-corrected chi connectivity index (χ0v) is 17.6. The lowest BCUT2D eigenvalue weighted by Crippen LogP contribution is -2.39. The highest BCUT2D eigenvalue weighted by atomic mass is 16.1. The molecule has 3 aliphatic rings. The van der Waals surface area contributed by atoms with E-state index >= 15 is 0 Å². The van der Waals surface area contributed by atoms with Gasteiger partial charge in [-0.2, -0.15) is 0 Å². The molecule has 6 rings (SSSR count). The van der Waals surface area contributed by atoms with E-state index in [0.717, 1.165) is 18.5 Å². The number of nitrogens with zero attached hydrogens (tertiary/aromatic N) is 1. The van der Waals surface area contributed by atoms with Crippen LogP contribution in [0.3, 0.4) is 0 Å². The van der Waals surface area contributed by atoms with Crippen LogP contribution in [-0.2, 0) is 6.54 Å². The average Bonchev–Trinajstić information content (AvgIpc) is 2.78. The minimum absolute atomic E-state index is 0.0226. The number of carbonyl (C=O) groups excluding carboxylic acids is 1. The van der Waals surface area contributed by atoms with Gasteiger partial charge in [0, 0.05) is 30.5 Å². The van der Waals surface area contributed by atoms with Crippen LogP contribution in [0.5, 0.6) is 0 Å². The molecule has 3 aromatic carbocycles. The van der Waals surface area contributed by atoms with Crippen molar-refractivity contribution in [2.24, 2.45) is 5.92 Å². The summed E-state index contributed by atoms with van der Waals surface area (Å²) >= 11 is 0. The number of hydrogen-bond acceptors (Lipinski definition) is 2. The van der Waals surface area contributed by atoms with Crippen molar-refractivity contribution < 1.29 is 4.79 Å². The van der Waals surface area contributed by atoms with Gasteiger partial charge in [-0.25, -0.2) is 0 Å². The molecular formula is C27H28N2O. The van der Waals surface area contributed by atoms with Crippen molar-refractivity contribution in [3.63, 3.8) is 0 Å². The fourth-order valence-corrected chi connectivity index (χ4v) is 5.41. The maximum atomic E-state index is 12.8. The Balaban J connectivity index is 1.33. The van der Waals surface area contributed by atoms with E-state index in [1.807, 2.05) is 24.3 Å². The molecule has 0 saturated heterocycles. The molecule has 1 N–H and O–H groups in total. The van der Waals surface area contributed by atoms with Gasteiger partial charge in [0.1, 0.15) is 0 Å². The van der Waals surface area contributed by atoms with Crippen LogP contribution in [0.4, 0.5) is 0 Å². The second-order valence-corrected chi connectivity index (χ2v) is 8.93. The Labute approximate surface area is 178 Å². The monoisotopic (exact) mass is 396 g/mol. The summed E-state index contributed by atoms with van der Waals surface area (Å²) < 4.78 is 0. The molecule has 1 atom stereocenters. The molecule has 0 aromatic heterocycles. The quantitative estimate of drug-likeness (QED) is 0.673. The normalized spacial score (nSPS) is 21.2. The molecule has 3 aromatic rings. The largest absolute Gasteiger partial charge is 0.352 e. The van der Waals surface area contributed by atoms with E-state index < -0.39 is 0 Å². The topological polar surface area (TPSA) is 32.3 Å². The van der Waals surface area contributed by atoms with Gasteiger partial charge in [0.2, 0.25) is 0 Å². The highest BCUT2D eigenvalue weighted by Crippen LogP contribution is 2.55. The average molecular weight is 397 g/mol. The molecule has 0 fully saturated rings. The molecule has 0 heterocycles. The predicted octanol–water partition coefficient (Wildman–Crippen LogP) is 4.78. The van der Waals surface area contributed by atoms with Crippen LogP contribution in [0.15, 0.2) is 72.8 Å². The van der Waals surface area contributed by atoms with Gasteiger partial charge in [-0.3, -0.25) is 4.79 Å². The van der Waals surface area contributed by atoms with Crippen molar-refractivity contribution in [1.29, 1.82) is 0 Å². The van der Waals surface area contributed by atoms with E-state index in [1.54, 1.807) is 0 Å². The van der Waals surface area contributed by atoms with Crippen LogP contribution in [0, 0.1) is 5.92 Å². The molecule has 0 unspecified atom stereocenters. The van der Waals surface area contributed by atoms with Crippen LogP contribution in [0.2, 0.25) is 0 Å². The third kappa shape index (κ3) is 3.33. The van der Waals surface area contributed by atoms with E-state index in [0.29, 0.717) is 24.3 Å². The maximum absolute atomic E-state index is 12.8. The van der Waals surface area contributed by atoms with Gasteiger partial charge in [-0.15, -0.1) is 0 Å². The minimum atomic E-state index is 0.0226. The summed E-state index contributed by atoms with van der Waals surface area (Å²) in [6.07, 6.45) is 1.10. The Morgan fingerprint density at radius 3 is 2.00 bits per heavy atom. The molecule has 0 spiro atoms. The molecule has 3 aliphatic carbocycles. The summed E-state index contributed by atoms with van der Waals surface area (Å²) in [5.41, 5.74) is 7.79. The maximum Gasteiger partial charge on any atom is 0.251 e. The first kappa shape index (κ1) is 19.1. The SMILES string of the molecule is CN(C)Cc1ccc(C(=O)NC[C@H]2CC3c4ccccc4C2c2ccccc23)cc1. The first-order valence-electron chi connectivity index (χ1n) is 10.8. The summed E-state index contributed by atoms with van der Waals surface area (Å²) in [6, 6.07) is 25.7. The third-order valence-corrected chi connectivity index (χ3v) is 6.66. The van der Waals surface area contributed by atoms with E-state index in [1.165, 1.54) is 27.8 Å². The van der Waals surface area contributed by atoms with Gasteiger partial charge in [0.25, 0.3) is 5.91 Å². The molecule has 30 heavy (non-hydrogen) atoms. The van der Waals surface area contributed by atoms with Crippen LogP contribution in [-0.4, -0.2) is 31.4 Å².